The Labute approximate surface area is 175 Å². The van der Waals surface area contributed by atoms with Crippen LogP contribution in [0.25, 0.3) is 0 Å². The van der Waals surface area contributed by atoms with Crippen molar-refractivity contribution in [3.63, 3.8) is 0 Å². The van der Waals surface area contributed by atoms with Crippen molar-refractivity contribution in [3.05, 3.63) is 28.8 Å². The molecule has 0 bridgehead atoms. The molecule has 2 rings (SSSR count). The fourth-order valence-corrected chi connectivity index (χ4v) is 7.45. The van der Waals surface area contributed by atoms with E-state index in [9.17, 15) is 9.00 Å². The number of rotatable bonds is 5. The first-order chi connectivity index (χ1) is 12.8. The number of hydrogen-bond donors (Lipinski definition) is 0. The molecule has 1 saturated carbocycles. The zero-order valence-electron chi connectivity index (χ0n) is 19.6. The van der Waals surface area contributed by atoms with Gasteiger partial charge in [-0.3, -0.25) is 9.00 Å². The van der Waals surface area contributed by atoms with Gasteiger partial charge in [0.25, 0.3) is 0 Å². The van der Waals surface area contributed by atoms with Gasteiger partial charge in [0.15, 0.2) is 0 Å². The van der Waals surface area contributed by atoms with E-state index in [1.54, 1.807) is 0 Å². The van der Waals surface area contributed by atoms with E-state index in [0.717, 1.165) is 16.0 Å². The largest absolute Gasteiger partial charge is 0.298 e. The van der Waals surface area contributed by atoms with Crippen LogP contribution >= 0.6 is 0 Å². The summed E-state index contributed by atoms with van der Waals surface area (Å²) in [5.41, 5.74) is 3.58. The lowest BCUT2D eigenvalue weighted by Gasteiger charge is -2.35. The standard InChI is InChI=1S/C25H40O2S/c1-14(2)18-12-19(15(3)4)23(20(13-18)16(5)6)28(27)24-21(26)11-17(7)22(24)25(8,9)10/h12-17,22,24H,11H2,1-10H3/t17-,22+,24+,28?/m1/s1. The lowest BCUT2D eigenvalue weighted by atomic mass is 9.75. The van der Waals surface area contributed by atoms with Crippen molar-refractivity contribution in [1.29, 1.82) is 0 Å². The molecule has 0 aliphatic heterocycles. The van der Waals surface area contributed by atoms with Crippen LogP contribution in [-0.2, 0) is 15.6 Å². The molecule has 0 spiro atoms. The van der Waals surface area contributed by atoms with Crippen LogP contribution in [0.3, 0.4) is 0 Å². The van der Waals surface area contributed by atoms with Crippen LogP contribution in [0.2, 0.25) is 0 Å². The van der Waals surface area contributed by atoms with Crippen LogP contribution in [0.4, 0.5) is 0 Å². The zero-order chi connectivity index (χ0) is 21.5. The lowest BCUT2D eigenvalue weighted by Crippen LogP contribution is -2.37. The second kappa shape index (κ2) is 8.42. The van der Waals surface area contributed by atoms with Crippen LogP contribution in [0.1, 0.15) is 110 Å². The van der Waals surface area contributed by atoms with Gasteiger partial charge in [0.1, 0.15) is 11.0 Å². The van der Waals surface area contributed by atoms with E-state index in [2.05, 4.69) is 81.4 Å². The highest BCUT2D eigenvalue weighted by molar-refractivity contribution is 7.86. The molecule has 1 aromatic rings. The second-order valence-electron chi connectivity index (χ2n) is 10.8. The van der Waals surface area contributed by atoms with Gasteiger partial charge in [0, 0.05) is 11.3 Å². The smallest absolute Gasteiger partial charge is 0.149 e. The average molecular weight is 405 g/mol. The Kier molecular flexibility index (Phi) is 7.01. The molecule has 1 aliphatic rings. The molecule has 1 unspecified atom stereocenters. The molecule has 1 aliphatic carbocycles. The van der Waals surface area contributed by atoms with E-state index < -0.39 is 16.0 Å². The van der Waals surface area contributed by atoms with Crippen molar-refractivity contribution < 1.29 is 9.00 Å². The zero-order valence-corrected chi connectivity index (χ0v) is 20.4. The molecule has 2 nitrogen and oxygen atoms in total. The van der Waals surface area contributed by atoms with Crippen LogP contribution in [0, 0.1) is 17.3 Å². The molecule has 0 saturated heterocycles. The summed E-state index contributed by atoms with van der Waals surface area (Å²) >= 11 is 0. The summed E-state index contributed by atoms with van der Waals surface area (Å²) < 4.78 is 14.1. The summed E-state index contributed by atoms with van der Waals surface area (Å²) in [6.07, 6.45) is 0.552. The van der Waals surface area contributed by atoms with Gasteiger partial charge in [-0.1, -0.05) is 81.4 Å². The summed E-state index contributed by atoms with van der Waals surface area (Å²) in [7, 11) is -1.32. The van der Waals surface area contributed by atoms with Gasteiger partial charge < -0.3 is 0 Å². The normalized spacial score (nSPS) is 24.6. The average Bonchev–Trinajstić information content (AvgIpc) is 2.86. The summed E-state index contributed by atoms with van der Waals surface area (Å²) in [4.78, 5) is 13.9. The Bertz CT molecular complexity index is 723. The minimum atomic E-state index is -1.32. The molecule has 0 N–H and O–H groups in total. The first-order valence-electron chi connectivity index (χ1n) is 10.9. The topological polar surface area (TPSA) is 34.1 Å². The van der Waals surface area contributed by atoms with Crippen LogP contribution in [0.15, 0.2) is 17.0 Å². The molecule has 158 valence electrons. The molecule has 0 radical (unpaired) electrons. The molecule has 0 aromatic heterocycles. The van der Waals surface area contributed by atoms with Crippen molar-refractivity contribution in [3.8, 4) is 0 Å². The second-order valence-corrected chi connectivity index (χ2v) is 12.3. The highest BCUT2D eigenvalue weighted by atomic mass is 32.2. The van der Waals surface area contributed by atoms with Gasteiger partial charge in [-0.05, 0) is 51.7 Å². The Morgan fingerprint density at radius 2 is 1.39 bits per heavy atom. The minimum absolute atomic E-state index is 0.0419. The maximum Gasteiger partial charge on any atom is 0.149 e. The van der Waals surface area contributed by atoms with Gasteiger partial charge in [-0.2, -0.15) is 0 Å². The molecule has 3 heteroatoms. The maximum absolute atomic E-state index is 14.1. The van der Waals surface area contributed by atoms with Crippen LogP contribution in [-0.4, -0.2) is 15.2 Å². The number of carbonyl (C=O) groups excluding carboxylic acids is 1. The van der Waals surface area contributed by atoms with E-state index in [1.165, 1.54) is 5.56 Å². The monoisotopic (exact) mass is 404 g/mol. The highest BCUT2D eigenvalue weighted by Gasteiger charge is 2.49. The van der Waals surface area contributed by atoms with Crippen molar-refractivity contribution in [1.82, 2.24) is 0 Å². The number of Topliss-reactive ketones (excluding diaryl/α,β-unsaturated/α-hetero) is 1. The van der Waals surface area contributed by atoms with Crippen LogP contribution in [0.5, 0.6) is 0 Å². The predicted molar refractivity (Wildman–Crippen MR) is 121 cm³/mol. The van der Waals surface area contributed by atoms with Crippen molar-refractivity contribution in [2.24, 2.45) is 17.3 Å². The van der Waals surface area contributed by atoms with Crippen molar-refractivity contribution >= 4 is 16.6 Å². The number of carbonyl (C=O) groups is 1. The molecular weight excluding hydrogens is 364 g/mol. The van der Waals surface area contributed by atoms with Gasteiger partial charge in [-0.25, -0.2) is 0 Å². The Morgan fingerprint density at radius 1 is 0.929 bits per heavy atom. The van der Waals surface area contributed by atoms with Crippen molar-refractivity contribution in [2.75, 3.05) is 0 Å². The molecule has 28 heavy (non-hydrogen) atoms. The summed E-state index contributed by atoms with van der Waals surface area (Å²) in [6, 6.07) is 4.48. The first kappa shape index (κ1) is 23.3. The van der Waals surface area contributed by atoms with Crippen LogP contribution < -0.4 is 0 Å². The molecule has 0 amide bonds. The van der Waals surface area contributed by atoms with E-state index in [-0.39, 0.29) is 34.9 Å². The molecule has 1 aromatic carbocycles. The van der Waals surface area contributed by atoms with Crippen molar-refractivity contribution in [2.45, 2.75) is 104 Å². The molecule has 0 heterocycles. The third kappa shape index (κ3) is 4.45. The quantitative estimate of drug-likeness (QED) is 0.540. The number of benzene rings is 1. The Morgan fingerprint density at radius 3 is 1.75 bits per heavy atom. The fourth-order valence-electron chi connectivity index (χ4n) is 4.87. The van der Waals surface area contributed by atoms with Gasteiger partial charge in [-0.15, -0.1) is 0 Å². The summed E-state index contributed by atoms with van der Waals surface area (Å²) in [6.45, 7) is 21.8. The van der Waals surface area contributed by atoms with E-state index in [1.807, 2.05) is 0 Å². The number of hydrogen-bond acceptors (Lipinski definition) is 2. The van der Waals surface area contributed by atoms with Gasteiger partial charge in [0.05, 0.1) is 10.8 Å². The number of ketones is 1. The van der Waals surface area contributed by atoms with E-state index in [0.29, 0.717) is 12.3 Å². The summed E-state index contributed by atoms with van der Waals surface area (Å²) in [5, 5.41) is -0.394. The minimum Gasteiger partial charge on any atom is -0.298 e. The summed E-state index contributed by atoms with van der Waals surface area (Å²) in [5.74, 6) is 1.58. The third-order valence-corrected chi connectivity index (χ3v) is 8.18. The third-order valence-electron chi connectivity index (χ3n) is 6.29. The highest BCUT2D eigenvalue weighted by Crippen LogP contribution is 2.46. The fraction of sp³-hybridized carbons (Fsp3) is 0.720. The van der Waals surface area contributed by atoms with Gasteiger partial charge >= 0.3 is 0 Å². The van der Waals surface area contributed by atoms with Gasteiger partial charge in [0.2, 0.25) is 0 Å². The lowest BCUT2D eigenvalue weighted by molar-refractivity contribution is -0.117. The molecule has 4 atom stereocenters. The van der Waals surface area contributed by atoms with E-state index in [4.69, 9.17) is 0 Å². The van der Waals surface area contributed by atoms with E-state index >= 15 is 0 Å². The maximum atomic E-state index is 14.1. The SMILES string of the molecule is CC(C)c1cc(C(C)C)c(S(=O)[C@H]2C(=O)C[C@@H](C)[C@@H]2C(C)(C)C)c(C(C)C)c1. The Hall–Kier alpha value is -0.960. The molecule has 1 fully saturated rings. The first-order valence-corrected chi connectivity index (χ1v) is 12.1. The Balaban J connectivity index is 2.71. The molecular formula is C25H40O2S. The predicted octanol–water partition coefficient (Wildman–Crippen LogP) is 6.80.